The normalized spacial score (nSPS) is 10.2. The molecule has 0 aromatic carbocycles. The maximum Gasteiger partial charge on any atom is 0.212 e. The van der Waals surface area contributed by atoms with E-state index in [0.29, 0.717) is 5.88 Å². The van der Waals surface area contributed by atoms with Crippen molar-refractivity contribution in [3.63, 3.8) is 0 Å². The Morgan fingerprint density at radius 2 is 1.83 bits per heavy atom. The summed E-state index contributed by atoms with van der Waals surface area (Å²) in [6.07, 6.45) is 1.73. The van der Waals surface area contributed by atoms with E-state index in [1.807, 2.05) is 33.0 Å². The lowest BCUT2D eigenvalue weighted by atomic mass is 10.2. The van der Waals surface area contributed by atoms with Crippen LogP contribution in [0.4, 0.5) is 5.82 Å². The molecule has 0 unspecified atom stereocenters. The van der Waals surface area contributed by atoms with Crippen LogP contribution in [0, 0.1) is 13.8 Å². The summed E-state index contributed by atoms with van der Waals surface area (Å²) in [6.45, 7) is 3.89. The van der Waals surface area contributed by atoms with Crippen molar-refractivity contribution in [1.82, 2.24) is 15.0 Å². The van der Waals surface area contributed by atoms with Crippen LogP contribution in [0.1, 0.15) is 11.4 Å². The summed E-state index contributed by atoms with van der Waals surface area (Å²) in [5.74, 6) is 1.34. The fourth-order valence-corrected chi connectivity index (χ4v) is 1.62. The van der Waals surface area contributed by atoms with Gasteiger partial charge in [-0.3, -0.25) is 0 Å². The molecule has 0 spiro atoms. The van der Waals surface area contributed by atoms with Gasteiger partial charge in [-0.2, -0.15) is 0 Å². The van der Waals surface area contributed by atoms with Crippen LogP contribution in [0.2, 0.25) is 0 Å². The zero-order valence-electron chi connectivity index (χ0n) is 11.0. The summed E-state index contributed by atoms with van der Waals surface area (Å²) in [7, 11) is 3.43. The van der Waals surface area contributed by atoms with Crippen molar-refractivity contribution in [3.8, 4) is 17.1 Å². The molecule has 0 saturated carbocycles. The van der Waals surface area contributed by atoms with Gasteiger partial charge in [-0.1, -0.05) is 0 Å². The lowest BCUT2D eigenvalue weighted by molar-refractivity contribution is 0.398. The van der Waals surface area contributed by atoms with Crippen molar-refractivity contribution < 1.29 is 4.74 Å². The van der Waals surface area contributed by atoms with Crippen molar-refractivity contribution >= 4 is 5.82 Å². The van der Waals surface area contributed by atoms with E-state index < -0.39 is 0 Å². The Morgan fingerprint density at radius 3 is 2.39 bits per heavy atom. The number of hydrogen-bond donors (Lipinski definition) is 1. The molecule has 0 amide bonds. The van der Waals surface area contributed by atoms with Crippen LogP contribution in [0.5, 0.6) is 5.88 Å². The van der Waals surface area contributed by atoms with Crippen LogP contribution in [-0.2, 0) is 0 Å². The van der Waals surface area contributed by atoms with E-state index >= 15 is 0 Å². The number of anilines is 1. The minimum absolute atomic E-state index is 0.585. The first-order chi connectivity index (χ1) is 8.65. The Hall–Kier alpha value is -2.17. The molecule has 0 saturated heterocycles. The fraction of sp³-hybridized carbons (Fsp3) is 0.308. The third kappa shape index (κ3) is 2.25. The first-order valence-corrected chi connectivity index (χ1v) is 5.69. The Morgan fingerprint density at radius 1 is 1.11 bits per heavy atom. The average molecular weight is 244 g/mol. The smallest absolute Gasteiger partial charge is 0.212 e. The largest absolute Gasteiger partial charge is 0.481 e. The monoisotopic (exact) mass is 244 g/mol. The minimum atomic E-state index is 0.585. The number of rotatable bonds is 3. The molecular weight excluding hydrogens is 228 g/mol. The Kier molecular flexibility index (Phi) is 3.41. The van der Waals surface area contributed by atoms with Gasteiger partial charge in [0.25, 0.3) is 0 Å². The van der Waals surface area contributed by atoms with E-state index in [4.69, 9.17) is 4.74 Å². The number of methoxy groups -OCH3 is 1. The van der Waals surface area contributed by atoms with E-state index in [0.717, 1.165) is 28.5 Å². The average Bonchev–Trinajstić information content (AvgIpc) is 2.41. The van der Waals surface area contributed by atoms with Crippen molar-refractivity contribution in [1.29, 1.82) is 0 Å². The van der Waals surface area contributed by atoms with Gasteiger partial charge >= 0.3 is 0 Å². The summed E-state index contributed by atoms with van der Waals surface area (Å²) in [4.78, 5) is 13.2. The first kappa shape index (κ1) is 12.3. The molecule has 0 aliphatic carbocycles. The predicted molar refractivity (Wildman–Crippen MR) is 70.8 cm³/mol. The third-order valence-corrected chi connectivity index (χ3v) is 2.76. The number of nitrogens with one attached hydrogen (secondary N) is 1. The quantitative estimate of drug-likeness (QED) is 0.897. The molecule has 2 aromatic rings. The molecular formula is C13H16N4O. The number of hydrogen-bond acceptors (Lipinski definition) is 5. The molecule has 2 heterocycles. The number of nitrogens with zero attached hydrogens (tertiary/aromatic N) is 3. The maximum atomic E-state index is 5.04. The van der Waals surface area contributed by atoms with Crippen LogP contribution in [0.15, 0.2) is 18.3 Å². The second kappa shape index (κ2) is 5.00. The minimum Gasteiger partial charge on any atom is -0.481 e. The summed E-state index contributed by atoms with van der Waals surface area (Å²) < 4.78 is 5.04. The van der Waals surface area contributed by atoms with Crippen LogP contribution < -0.4 is 10.1 Å². The Bertz CT molecular complexity index is 552. The highest BCUT2D eigenvalue weighted by Gasteiger charge is 2.10. The van der Waals surface area contributed by atoms with Gasteiger partial charge in [0.1, 0.15) is 5.69 Å². The molecule has 18 heavy (non-hydrogen) atoms. The Balaban J connectivity index is 2.51. The molecule has 0 fully saturated rings. The predicted octanol–water partition coefficient (Wildman–Crippen LogP) is 2.21. The third-order valence-electron chi connectivity index (χ3n) is 2.76. The van der Waals surface area contributed by atoms with Crippen LogP contribution in [0.3, 0.4) is 0 Å². The molecule has 5 heteroatoms. The van der Waals surface area contributed by atoms with Gasteiger partial charge < -0.3 is 10.1 Å². The number of pyridine rings is 1. The van der Waals surface area contributed by atoms with E-state index in [1.54, 1.807) is 13.3 Å². The van der Waals surface area contributed by atoms with Gasteiger partial charge in [0, 0.05) is 24.9 Å². The highest BCUT2D eigenvalue weighted by atomic mass is 16.5. The van der Waals surface area contributed by atoms with Crippen molar-refractivity contribution in [2.75, 3.05) is 19.5 Å². The molecule has 0 bridgehead atoms. The van der Waals surface area contributed by atoms with Gasteiger partial charge in [0.2, 0.25) is 5.88 Å². The van der Waals surface area contributed by atoms with Gasteiger partial charge in [-0.15, -0.1) is 0 Å². The lowest BCUT2D eigenvalue weighted by Gasteiger charge is -2.10. The molecule has 1 N–H and O–H groups in total. The van der Waals surface area contributed by atoms with Gasteiger partial charge in [-0.05, 0) is 19.9 Å². The number of aryl methyl sites for hydroxylation is 2. The second-order valence-corrected chi connectivity index (χ2v) is 3.93. The molecule has 2 rings (SSSR count). The van der Waals surface area contributed by atoms with Gasteiger partial charge in [0.15, 0.2) is 5.82 Å². The number of aromatic nitrogens is 3. The molecule has 0 radical (unpaired) electrons. The van der Waals surface area contributed by atoms with Gasteiger partial charge in [-0.25, -0.2) is 15.0 Å². The van der Waals surface area contributed by atoms with Crippen LogP contribution in [-0.4, -0.2) is 29.1 Å². The van der Waals surface area contributed by atoms with Gasteiger partial charge in [0.05, 0.1) is 18.5 Å². The number of ether oxygens (including phenoxy) is 1. The van der Waals surface area contributed by atoms with E-state index in [-0.39, 0.29) is 0 Å². The SMILES string of the molecule is CNc1nc(C)c(C)nc1-c1ccc(OC)nc1. The van der Waals surface area contributed by atoms with Crippen LogP contribution >= 0.6 is 0 Å². The lowest BCUT2D eigenvalue weighted by Crippen LogP contribution is -2.03. The zero-order valence-corrected chi connectivity index (χ0v) is 11.0. The Labute approximate surface area is 106 Å². The molecule has 0 atom stereocenters. The van der Waals surface area contributed by atoms with Crippen molar-refractivity contribution in [2.24, 2.45) is 0 Å². The van der Waals surface area contributed by atoms with Crippen LogP contribution in [0.25, 0.3) is 11.3 Å². The topological polar surface area (TPSA) is 59.9 Å². The first-order valence-electron chi connectivity index (χ1n) is 5.69. The molecule has 2 aromatic heterocycles. The maximum absolute atomic E-state index is 5.04. The molecule has 0 aliphatic rings. The zero-order chi connectivity index (χ0) is 13.1. The van der Waals surface area contributed by atoms with E-state index in [9.17, 15) is 0 Å². The van der Waals surface area contributed by atoms with Crippen molar-refractivity contribution in [2.45, 2.75) is 13.8 Å². The standard InChI is InChI=1S/C13H16N4O/c1-8-9(2)17-13(14-3)12(16-8)10-5-6-11(18-4)15-7-10/h5-7H,1-4H3,(H,14,17). The van der Waals surface area contributed by atoms with Crippen molar-refractivity contribution in [3.05, 3.63) is 29.7 Å². The second-order valence-electron chi connectivity index (χ2n) is 3.93. The fourth-order valence-electron chi connectivity index (χ4n) is 1.62. The summed E-state index contributed by atoms with van der Waals surface area (Å²) in [6, 6.07) is 3.73. The highest BCUT2D eigenvalue weighted by Crippen LogP contribution is 2.25. The summed E-state index contributed by atoms with van der Waals surface area (Å²) >= 11 is 0. The molecule has 0 aliphatic heterocycles. The molecule has 94 valence electrons. The van der Waals surface area contributed by atoms with E-state index in [2.05, 4.69) is 20.3 Å². The summed E-state index contributed by atoms with van der Waals surface area (Å²) in [5, 5.41) is 3.06. The molecule has 5 nitrogen and oxygen atoms in total. The highest BCUT2D eigenvalue weighted by molar-refractivity contribution is 5.71. The van der Waals surface area contributed by atoms with E-state index in [1.165, 1.54) is 0 Å². The summed E-state index contributed by atoms with van der Waals surface area (Å²) in [5.41, 5.74) is 3.55.